The van der Waals surface area contributed by atoms with Gasteiger partial charge in [0, 0.05) is 12.2 Å². The number of phenols is 1. The number of carbonyl (C=O) groups excluding carboxylic acids is 2. The van der Waals surface area contributed by atoms with E-state index >= 15 is 0 Å². The fourth-order valence-corrected chi connectivity index (χ4v) is 3.55. The third-order valence-corrected chi connectivity index (χ3v) is 5.22. The standard InChI is InChI=1S/C24H27N5O5/c1-3-28-23(33)21(22(25)29(24(28)34)13-16-7-5-4-6-8-16)19(31)14-27(2)15-20(32)26-17-9-11-18(30)12-10-17/h4-12,30H,3,13-15,25H2,1-2H3,(H,26,32). The van der Waals surface area contributed by atoms with Crippen molar-refractivity contribution >= 4 is 23.2 Å². The van der Waals surface area contributed by atoms with Gasteiger partial charge in [0.15, 0.2) is 5.78 Å². The number of nitrogen functional groups attached to an aromatic ring is 1. The molecule has 0 spiro atoms. The SMILES string of the molecule is CCn1c(=O)c(C(=O)CN(C)CC(=O)Nc2ccc(O)cc2)c(N)n(Cc2ccccc2)c1=O. The molecule has 3 rings (SSSR count). The fraction of sp³-hybridized carbons (Fsp3) is 0.250. The molecule has 0 aliphatic heterocycles. The van der Waals surface area contributed by atoms with Crippen LogP contribution in [0, 0.1) is 0 Å². The molecule has 0 aliphatic carbocycles. The second-order valence-corrected chi connectivity index (χ2v) is 7.85. The summed E-state index contributed by atoms with van der Waals surface area (Å²) in [5.41, 5.74) is 5.83. The molecule has 178 valence electrons. The highest BCUT2D eigenvalue weighted by molar-refractivity contribution is 6.01. The lowest BCUT2D eigenvalue weighted by atomic mass is 10.1. The van der Waals surface area contributed by atoms with Crippen molar-refractivity contribution in [1.29, 1.82) is 0 Å². The minimum absolute atomic E-state index is 0.0737. The second kappa shape index (κ2) is 10.6. The van der Waals surface area contributed by atoms with Crippen molar-refractivity contribution < 1.29 is 14.7 Å². The molecular weight excluding hydrogens is 438 g/mol. The van der Waals surface area contributed by atoms with E-state index in [-0.39, 0.29) is 49.2 Å². The van der Waals surface area contributed by atoms with E-state index < -0.39 is 17.0 Å². The van der Waals surface area contributed by atoms with Crippen LogP contribution in [-0.4, -0.2) is 51.0 Å². The summed E-state index contributed by atoms with van der Waals surface area (Å²) >= 11 is 0. The normalized spacial score (nSPS) is 10.9. The van der Waals surface area contributed by atoms with Crippen molar-refractivity contribution in [1.82, 2.24) is 14.0 Å². The van der Waals surface area contributed by atoms with E-state index in [0.29, 0.717) is 5.69 Å². The molecule has 3 aromatic rings. The van der Waals surface area contributed by atoms with E-state index in [0.717, 1.165) is 10.1 Å². The Hall–Kier alpha value is -4.18. The van der Waals surface area contributed by atoms with Crippen molar-refractivity contribution in [3.05, 3.63) is 86.6 Å². The molecule has 0 unspecified atom stereocenters. The van der Waals surface area contributed by atoms with Crippen molar-refractivity contribution in [2.45, 2.75) is 20.0 Å². The number of ketones is 1. The molecule has 10 heteroatoms. The molecule has 0 aliphatic rings. The van der Waals surface area contributed by atoms with Gasteiger partial charge in [0.05, 0.1) is 19.6 Å². The van der Waals surface area contributed by atoms with Gasteiger partial charge < -0.3 is 16.2 Å². The monoisotopic (exact) mass is 465 g/mol. The first-order valence-electron chi connectivity index (χ1n) is 10.7. The van der Waals surface area contributed by atoms with Crippen LogP contribution in [-0.2, 0) is 17.9 Å². The lowest BCUT2D eigenvalue weighted by molar-refractivity contribution is -0.116. The number of phenolic OH excluding ortho intramolecular Hbond substituents is 1. The summed E-state index contributed by atoms with van der Waals surface area (Å²) in [7, 11) is 1.56. The lowest BCUT2D eigenvalue weighted by Crippen LogP contribution is -2.45. The van der Waals surface area contributed by atoms with Gasteiger partial charge in [-0.2, -0.15) is 0 Å². The average Bonchev–Trinajstić information content (AvgIpc) is 2.79. The Morgan fingerprint density at radius 3 is 2.26 bits per heavy atom. The van der Waals surface area contributed by atoms with Crippen LogP contribution in [0.4, 0.5) is 11.5 Å². The zero-order valence-corrected chi connectivity index (χ0v) is 19.0. The average molecular weight is 466 g/mol. The Bertz CT molecular complexity index is 1300. The maximum absolute atomic E-state index is 13.0. The summed E-state index contributed by atoms with van der Waals surface area (Å²) in [6.45, 7) is 1.45. The van der Waals surface area contributed by atoms with Gasteiger partial charge >= 0.3 is 5.69 Å². The highest BCUT2D eigenvalue weighted by Gasteiger charge is 2.23. The molecule has 0 bridgehead atoms. The number of nitrogens with zero attached hydrogens (tertiary/aromatic N) is 3. The molecule has 2 aromatic carbocycles. The third-order valence-electron chi connectivity index (χ3n) is 5.22. The van der Waals surface area contributed by atoms with Crippen LogP contribution in [0.2, 0.25) is 0 Å². The van der Waals surface area contributed by atoms with Crippen LogP contribution in [0.1, 0.15) is 22.8 Å². The number of Topliss-reactive ketones (excluding diaryl/α,β-unsaturated/α-hetero) is 1. The van der Waals surface area contributed by atoms with Crippen molar-refractivity contribution in [2.75, 3.05) is 31.2 Å². The molecule has 4 N–H and O–H groups in total. The number of hydrogen-bond acceptors (Lipinski definition) is 7. The predicted octanol–water partition coefficient (Wildman–Crippen LogP) is 1.12. The number of aromatic nitrogens is 2. The predicted molar refractivity (Wildman–Crippen MR) is 129 cm³/mol. The maximum atomic E-state index is 13.0. The Kier molecular flexibility index (Phi) is 7.64. The molecule has 1 aromatic heterocycles. The molecule has 34 heavy (non-hydrogen) atoms. The quantitative estimate of drug-likeness (QED) is 0.318. The van der Waals surface area contributed by atoms with Crippen LogP contribution < -0.4 is 22.3 Å². The van der Waals surface area contributed by atoms with Gasteiger partial charge in [-0.15, -0.1) is 0 Å². The second-order valence-electron chi connectivity index (χ2n) is 7.85. The van der Waals surface area contributed by atoms with Gasteiger partial charge in [0.2, 0.25) is 5.91 Å². The molecule has 0 atom stereocenters. The van der Waals surface area contributed by atoms with E-state index in [1.807, 2.05) is 30.3 Å². The first kappa shape index (κ1) is 24.5. The molecule has 1 heterocycles. The number of rotatable bonds is 9. The van der Waals surface area contributed by atoms with Crippen molar-refractivity contribution in [2.24, 2.45) is 0 Å². The zero-order valence-electron chi connectivity index (χ0n) is 19.0. The van der Waals surface area contributed by atoms with Gasteiger partial charge in [-0.25, -0.2) is 4.79 Å². The van der Waals surface area contributed by atoms with E-state index in [1.165, 1.54) is 21.6 Å². The largest absolute Gasteiger partial charge is 0.508 e. The van der Waals surface area contributed by atoms with E-state index in [1.54, 1.807) is 26.1 Å². The molecule has 0 fully saturated rings. The van der Waals surface area contributed by atoms with Crippen LogP contribution in [0.3, 0.4) is 0 Å². The summed E-state index contributed by atoms with van der Waals surface area (Å²) in [5.74, 6) is -1.10. The van der Waals surface area contributed by atoms with Gasteiger partial charge in [-0.05, 0) is 43.8 Å². The summed E-state index contributed by atoms with van der Waals surface area (Å²) in [5, 5.41) is 12.0. The summed E-state index contributed by atoms with van der Waals surface area (Å²) < 4.78 is 2.19. The number of benzene rings is 2. The minimum Gasteiger partial charge on any atom is -0.508 e. The summed E-state index contributed by atoms with van der Waals surface area (Å²) in [6.07, 6.45) is 0. The number of amides is 1. The molecule has 0 saturated carbocycles. The molecule has 0 radical (unpaired) electrons. The van der Waals surface area contributed by atoms with Crippen LogP contribution in [0.25, 0.3) is 0 Å². The number of hydrogen-bond donors (Lipinski definition) is 3. The van der Waals surface area contributed by atoms with E-state index in [9.17, 15) is 24.3 Å². The Morgan fingerprint density at radius 1 is 1.00 bits per heavy atom. The van der Waals surface area contributed by atoms with Crippen LogP contribution in [0.15, 0.2) is 64.2 Å². The molecule has 1 amide bonds. The van der Waals surface area contributed by atoms with Gasteiger partial charge in [-0.1, -0.05) is 30.3 Å². The number of aromatic hydroxyl groups is 1. The number of nitrogens with one attached hydrogen (secondary N) is 1. The summed E-state index contributed by atoms with van der Waals surface area (Å²) in [6, 6.07) is 15.1. The first-order valence-corrected chi connectivity index (χ1v) is 10.7. The maximum Gasteiger partial charge on any atom is 0.332 e. The summed E-state index contributed by atoms with van der Waals surface area (Å²) in [4.78, 5) is 52.5. The number of carbonyl (C=O) groups is 2. The van der Waals surface area contributed by atoms with E-state index in [4.69, 9.17) is 5.73 Å². The smallest absolute Gasteiger partial charge is 0.332 e. The Balaban J connectivity index is 1.81. The van der Waals surface area contributed by atoms with Crippen molar-refractivity contribution in [3.8, 4) is 5.75 Å². The van der Waals surface area contributed by atoms with Gasteiger partial charge in [0.1, 0.15) is 17.1 Å². The van der Waals surface area contributed by atoms with Crippen molar-refractivity contribution in [3.63, 3.8) is 0 Å². The minimum atomic E-state index is -0.749. The molecule has 0 saturated heterocycles. The number of anilines is 2. The van der Waals surface area contributed by atoms with Gasteiger partial charge in [0.25, 0.3) is 5.56 Å². The number of likely N-dealkylation sites (N-methyl/N-ethyl adjacent to an activating group) is 1. The highest BCUT2D eigenvalue weighted by atomic mass is 16.3. The zero-order chi connectivity index (χ0) is 24.8. The molecule has 10 nitrogen and oxygen atoms in total. The topological polar surface area (TPSA) is 140 Å². The Labute approximate surface area is 195 Å². The fourth-order valence-electron chi connectivity index (χ4n) is 3.55. The lowest BCUT2D eigenvalue weighted by Gasteiger charge is -2.18. The molecular formula is C24H27N5O5. The number of nitrogens with two attached hydrogens (primary N) is 1. The third kappa shape index (κ3) is 5.59. The first-order chi connectivity index (χ1) is 16.2. The Morgan fingerprint density at radius 2 is 1.65 bits per heavy atom. The van der Waals surface area contributed by atoms with Gasteiger partial charge in [-0.3, -0.25) is 28.4 Å². The van der Waals surface area contributed by atoms with Crippen LogP contribution in [0.5, 0.6) is 5.75 Å². The van der Waals surface area contributed by atoms with E-state index in [2.05, 4.69) is 5.32 Å². The van der Waals surface area contributed by atoms with Crippen LogP contribution >= 0.6 is 0 Å². The highest BCUT2D eigenvalue weighted by Crippen LogP contribution is 2.14.